The fraction of sp³-hybridized carbons (Fsp3) is 0. The van der Waals surface area contributed by atoms with Crippen LogP contribution in [0.4, 0.5) is 5.69 Å². The van der Waals surface area contributed by atoms with E-state index in [-0.39, 0.29) is 5.91 Å². The molecular weight excluding hydrogens is 380 g/mol. The Hall–Kier alpha value is -2.92. The molecule has 5 heteroatoms. The van der Waals surface area contributed by atoms with Gasteiger partial charge in [0.15, 0.2) is 5.58 Å². The number of hydrogen-bond donors (Lipinski definition) is 1. The van der Waals surface area contributed by atoms with E-state index < -0.39 is 0 Å². The molecule has 1 aromatic heterocycles. The summed E-state index contributed by atoms with van der Waals surface area (Å²) < 4.78 is 6.54. The van der Waals surface area contributed by atoms with E-state index in [9.17, 15) is 4.79 Å². The molecule has 0 atom stereocenters. The van der Waals surface area contributed by atoms with Crippen LogP contribution >= 0.6 is 15.9 Å². The number of anilines is 1. The van der Waals surface area contributed by atoms with Crippen molar-refractivity contribution in [2.45, 2.75) is 0 Å². The molecule has 0 spiro atoms. The number of oxazole rings is 1. The van der Waals surface area contributed by atoms with E-state index >= 15 is 0 Å². The third-order valence-corrected chi connectivity index (χ3v) is 4.47. The van der Waals surface area contributed by atoms with Gasteiger partial charge in [0.2, 0.25) is 5.89 Å². The van der Waals surface area contributed by atoms with E-state index in [1.807, 2.05) is 66.7 Å². The highest BCUT2D eigenvalue weighted by molar-refractivity contribution is 9.10. The average molecular weight is 393 g/mol. The molecule has 0 saturated heterocycles. The van der Waals surface area contributed by atoms with Crippen LogP contribution in [0.5, 0.6) is 0 Å². The standard InChI is InChI=1S/C20H13BrN2O2/c21-16-9-2-1-8-15(16)19(24)22-14-7-5-6-13(12-14)20-23-17-10-3-4-11-18(17)25-20/h1-12H,(H,22,24). The summed E-state index contributed by atoms with van der Waals surface area (Å²) in [5.41, 5.74) is 3.61. The number of benzene rings is 3. The quantitative estimate of drug-likeness (QED) is 0.499. The minimum Gasteiger partial charge on any atom is -0.436 e. The van der Waals surface area contributed by atoms with Gasteiger partial charge in [0.25, 0.3) is 5.91 Å². The van der Waals surface area contributed by atoms with E-state index in [0.717, 1.165) is 21.1 Å². The van der Waals surface area contributed by atoms with Crippen LogP contribution in [-0.2, 0) is 0 Å². The van der Waals surface area contributed by atoms with Crippen molar-refractivity contribution < 1.29 is 9.21 Å². The minimum atomic E-state index is -0.179. The zero-order chi connectivity index (χ0) is 17.2. The number of rotatable bonds is 3. The van der Waals surface area contributed by atoms with Gasteiger partial charge in [-0.2, -0.15) is 0 Å². The highest BCUT2D eigenvalue weighted by atomic mass is 79.9. The summed E-state index contributed by atoms with van der Waals surface area (Å²) in [6.45, 7) is 0. The number of aromatic nitrogens is 1. The topological polar surface area (TPSA) is 55.1 Å². The minimum absolute atomic E-state index is 0.179. The van der Waals surface area contributed by atoms with Gasteiger partial charge in [0, 0.05) is 15.7 Å². The summed E-state index contributed by atoms with van der Waals surface area (Å²) in [5, 5.41) is 2.90. The van der Waals surface area contributed by atoms with Gasteiger partial charge in [-0.25, -0.2) is 4.98 Å². The molecule has 4 nitrogen and oxygen atoms in total. The maximum absolute atomic E-state index is 12.4. The van der Waals surface area contributed by atoms with E-state index in [1.54, 1.807) is 6.07 Å². The fourth-order valence-corrected chi connectivity index (χ4v) is 3.03. The Labute approximate surface area is 152 Å². The number of carbonyl (C=O) groups is 1. The van der Waals surface area contributed by atoms with Gasteiger partial charge in [-0.3, -0.25) is 4.79 Å². The Kier molecular flexibility index (Phi) is 4.07. The number of hydrogen-bond acceptors (Lipinski definition) is 3. The second-order valence-electron chi connectivity index (χ2n) is 5.50. The monoisotopic (exact) mass is 392 g/mol. The lowest BCUT2D eigenvalue weighted by molar-refractivity contribution is 0.102. The van der Waals surface area contributed by atoms with Gasteiger partial charge in [-0.05, 0) is 58.4 Å². The lowest BCUT2D eigenvalue weighted by Crippen LogP contribution is -2.12. The van der Waals surface area contributed by atoms with E-state index in [1.165, 1.54) is 0 Å². The Morgan fingerprint density at radius 1 is 0.960 bits per heavy atom. The summed E-state index contributed by atoms with van der Waals surface area (Å²) in [5.74, 6) is 0.348. The highest BCUT2D eigenvalue weighted by Crippen LogP contribution is 2.26. The van der Waals surface area contributed by atoms with Crippen molar-refractivity contribution in [3.8, 4) is 11.5 Å². The molecule has 0 unspecified atom stereocenters. The molecule has 0 aliphatic carbocycles. The van der Waals surface area contributed by atoms with Crippen molar-refractivity contribution in [3.05, 3.63) is 82.8 Å². The van der Waals surface area contributed by atoms with Crippen LogP contribution in [0.25, 0.3) is 22.6 Å². The molecule has 0 aliphatic heterocycles. The van der Waals surface area contributed by atoms with Crippen molar-refractivity contribution in [3.63, 3.8) is 0 Å². The Balaban J connectivity index is 1.63. The summed E-state index contributed by atoms with van der Waals surface area (Å²) >= 11 is 3.40. The van der Waals surface area contributed by atoms with Crippen molar-refractivity contribution in [1.29, 1.82) is 0 Å². The molecule has 3 aromatic carbocycles. The predicted molar refractivity (Wildman–Crippen MR) is 102 cm³/mol. The van der Waals surface area contributed by atoms with Crippen LogP contribution in [-0.4, -0.2) is 10.9 Å². The molecule has 25 heavy (non-hydrogen) atoms. The van der Waals surface area contributed by atoms with Crippen LogP contribution in [0.15, 0.2) is 81.7 Å². The molecular formula is C20H13BrN2O2. The number of nitrogens with zero attached hydrogens (tertiary/aromatic N) is 1. The van der Waals surface area contributed by atoms with Gasteiger partial charge < -0.3 is 9.73 Å². The third-order valence-electron chi connectivity index (χ3n) is 3.78. The SMILES string of the molecule is O=C(Nc1cccc(-c2nc3ccccc3o2)c1)c1ccccc1Br. The van der Waals surface area contributed by atoms with Crippen LogP contribution in [0.2, 0.25) is 0 Å². The lowest BCUT2D eigenvalue weighted by Gasteiger charge is -2.07. The maximum atomic E-state index is 12.4. The van der Waals surface area contributed by atoms with Gasteiger partial charge in [0.1, 0.15) is 5.52 Å². The molecule has 1 heterocycles. The second kappa shape index (κ2) is 6.53. The molecule has 0 fully saturated rings. The number of halogens is 1. The first kappa shape index (κ1) is 15.6. The van der Waals surface area contributed by atoms with Gasteiger partial charge in [0.05, 0.1) is 5.56 Å². The van der Waals surface area contributed by atoms with E-state index in [0.29, 0.717) is 17.1 Å². The van der Waals surface area contributed by atoms with Gasteiger partial charge in [-0.15, -0.1) is 0 Å². The first-order valence-electron chi connectivity index (χ1n) is 7.72. The van der Waals surface area contributed by atoms with Crippen molar-refractivity contribution >= 4 is 38.6 Å². The second-order valence-corrected chi connectivity index (χ2v) is 6.36. The number of amides is 1. The molecule has 0 saturated carbocycles. The molecule has 0 bridgehead atoms. The maximum Gasteiger partial charge on any atom is 0.256 e. The Bertz CT molecular complexity index is 1040. The average Bonchev–Trinajstić information content (AvgIpc) is 3.06. The van der Waals surface area contributed by atoms with E-state index in [4.69, 9.17) is 4.42 Å². The normalized spacial score (nSPS) is 10.8. The van der Waals surface area contributed by atoms with E-state index in [2.05, 4.69) is 26.2 Å². The Morgan fingerprint density at radius 3 is 2.60 bits per heavy atom. The number of fused-ring (bicyclic) bond motifs is 1. The van der Waals surface area contributed by atoms with Crippen LogP contribution in [0.1, 0.15) is 10.4 Å². The molecule has 4 aromatic rings. The highest BCUT2D eigenvalue weighted by Gasteiger charge is 2.12. The molecule has 1 amide bonds. The zero-order valence-electron chi connectivity index (χ0n) is 13.1. The van der Waals surface area contributed by atoms with Gasteiger partial charge >= 0.3 is 0 Å². The van der Waals surface area contributed by atoms with Gasteiger partial charge in [-0.1, -0.05) is 30.3 Å². The lowest BCUT2D eigenvalue weighted by atomic mass is 10.1. The largest absolute Gasteiger partial charge is 0.436 e. The zero-order valence-corrected chi connectivity index (χ0v) is 14.7. The fourth-order valence-electron chi connectivity index (χ4n) is 2.57. The first-order valence-corrected chi connectivity index (χ1v) is 8.52. The predicted octanol–water partition coefficient (Wildman–Crippen LogP) is 5.51. The van der Waals surface area contributed by atoms with Crippen molar-refractivity contribution in [2.24, 2.45) is 0 Å². The first-order chi connectivity index (χ1) is 12.2. The molecule has 0 radical (unpaired) electrons. The van der Waals surface area contributed by atoms with Crippen LogP contribution in [0.3, 0.4) is 0 Å². The molecule has 122 valence electrons. The summed E-state index contributed by atoms with van der Waals surface area (Å²) in [6.07, 6.45) is 0. The summed E-state index contributed by atoms with van der Waals surface area (Å²) in [6, 6.07) is 22.4. The summed E-state index contributed by atoms with van der Waals surface area (Å²) in [7, 11) is 0. The number of para-hydroxylation sites is 2. The number of nitrogens with one attached hydrogen (secondary N) is 1. The van der Waals surface area contributed by atoms with Crippen molar-refractivity contribution in [2.75, 3.05) is 5.32 Å². The Morgan fingerprint density at radius 2 is 1.76 bits per heavy atom. The molecule has 4 rings (SSSR count). The third kappa shape index (κ3) is 3.19. The van der Waals surface area contributed by atoms with Crippen LogP contribution in [0, 0.1) is 0 Å². The van der Waals surface area contributed by atoms with Crippen molar-refractivity contribution in [1.82, 2.24) is 4.98 Å². The molecule has 1 N–H and O–H groups in total. The van der Waals surface area contributed by atoms with Crippen LogP contribution < -0.4 is 5.32 Å². The smallest absolute Gasteiger partial charge is 0.256 e. The summed E-state index contributed by atoms with van der Waals surface area (Å²) in [4.78, 5) is 16.9. The number of carbonyl (C=O) groups excluding carboxylic acids is 1. The molecule has 0 aliphatic rings.